The molecule has 1 aliphatic carbocycles. The fourth-order valence-electron chi connectivity index (χ4n) is 2.32. The van der Waals surface area contributed by atoms with Crippen LogP contribution in [0.3, 0.4) is 0 Å². The molecule has 1 saturated carbocycles. The second-order valence-electron chi connectivity index (χ2n) is 4.13. The van der Waals surface area contributed by atoms with Crippen LogP contribution in [0.2, 0.25) is 0 Å². The van der Waals surface area contributed by atoms with E-state index in [0.717, 1.165) is 5.92 Å². The Hall–Kier alpha value is -0.300. The summed E-state index contributed by atoms with van der Waals surface area (Å²) in [5.74, 6) is 0.910. The molecule has 0 radical (unpaired) electrons. The van der Waals surface area contributed by atoms with E-state index in [1.54, 1.807) is 0 Å². The molecule has 1 heterocycles. The van der Waals surface area contributed by atoms with Crippen LogP contribution in [0.5, 0.6) is 0 Å². The fraction of sp³-hybridized carbons (Fsp3) is 0.818. The lowest BCUT2D eigenvalue weighted by atomic mass is 10.1. The molecule has 1 nitrogen and oxygen atoms in total. The topological polar surface area (TPSA) is 12.0 Å². The van der Waals surface area contributed by atoms with Gasteiger partial charge >= 0.3 is 0 Å². The number of allylic oxidation sites excluding steroid dienone is 1. The van der Waals surface area contributed by atoms with Gasteiger partial charge in [-0.3, -0.25) is 0 Å². The summed E-state index contributed by atoms with van der Waals surface area (Å²) in [5, 5.41) is 3.49. The van der Waals surface area contributed by atoms with Gasteiger partial charge in [-0.25, -0.2) is 0 Å². The lowest BCUT2D eigenvalue weighted by Gasteiger charge is -2.05. The number of hydrogen-bond acceptors (Lipinski definition) is 1. The summed E-state index contributed by atoms with van der Waals surface area (Å²) in [4.78, 5) is 0. The Bertz CT molecular complexity index is 132. The van der Waals surface area contributed by atoms with Crippen LogP contribution in [0.4, 0.5) is 0 Å². The quantitative estimate of drug-likeness (QED) is 0.620. The Kier molecular flexibility index (Phi) is 2.83. The smallest absolute Gasteiger partial charge is 0.0250 e. The van der Waals surface area contributed by atoms with Crippen LogP contribution in [0, 0.1) is 5.92 Å². The van der Waals surface area contributed by atoms with Gasteiger partial charge in [-0.15, -0.1) is 0 Å². The molecule has 68 valence electrons. The predicted molar refractivity (Wildman–Crippen MR) is 52.1 cm³/mol. The summed E-state index contributed by atoms with van der Waals surface area (Å²) in [7, 11) is 0. The molecule has 2 fully saturated rings. The summed E-state index contributed by atoms with van der Waals surface area (Å²) in [6.07, 6.45) is 13.3. The normalized spacial score (nSPS) is 32.2. The summed E-state index contributed by atoms with van der Waals surface area (Å²) in [5.41, 5.74) is 0. The van der Waals surface area contributed by atoms with Crippen molar-refractivity contribution in [2.45, 2.75) is 44.6 Å². The first kappa shape index (κ1) is 8.31. The summed E-state index contributed by atoms with van der Waals surface area (Å²) in [6.45, 7) is 1.22. The van der Waals surface area contributed by atoms with Crippen LogP contribution in [0.1, 0.15) is 38.5 Å². The first-order chi connectivity index (χ1) is 5.95. The van der Waals surface area contributed by atoms with Gasteiger partial charge in [0.25, 0.3) is 0 Å². The van der Waals surface area contributed by atoms with Crippen molar-refractivity contribution in [1.82, 2.24) is 5.32 Å². The maximum Gasteiger partial charge on any atom is 0.0250 e. The Morgan fingerprint density at radius 3 is 2.42 bits per heavy atom. The number of hydrogen-bond donors (Lipinski definition) is 1. The molecule has 0 aromatic heterocycles. The van der Waals surface area contributed by atoms with Crippen molar-refractivity contribution < 1.29 is 0 Å². The lowest BCUT2D eigenvalue weighted by molar-refractivity contribution is 0.664. The van der Waals surface area contributed by atoms with Gasteiger partial charge in [-0.05, 0) is 38.1 Å². The molecule has 1 N–H and O–H groups in total. The van der Waals surface area contributed by atoms with Crippen molar-refractivity contribution in [2.75, 3.05) is 6.54 Å². The molecule has 0 aromatic rings. The zero-order chi connectivity index (χ0) is 8.23. The Morgan fingerprint density at radius 1 is 0.917 bits per heavy atom. The standard InChI is InChI=1S/C11H19N/c1-2-5-10(4-1)7-8-11-6-3-9-12-11/h7-8,10-12H,1-6,9H2/b8-7+. The molecule has 0 spiro atoms. The van der Waals surface area contributed by atoms with Crippen LogP contribution in [0.25, 0.3) is 0 Å². The van der Waals surface area contributed by atoms with E-state index in [0.29, 0.717) is 6.04 Å². The van der Waals surface area contributed by atoms with Crippen molar-refractivity contribution in [3.63, 3.8) is 0 Å². The van der Waals surface area contributed by atoms with Gasteiger partial charge in [0, 0.05) is 6.04 Å². The minimum absolute atomic E-state index is 0.700. The zero-order valence-electron chi connectivity index (χ0n) is 7.76. The minimum atomic E-state index is 0.700. The SMILES string of the molecule is C(=C\C1CCCN1)/C1CCCC1. The highest BCUT2D eigenvalue weighted by Gasteiger charge is 2.14. The van der Waals surface area contributed by atoms with Crippen LogP contribution < -0.4 is 5.32 Å². The molecule has 1 saturated heterocycles. The number of nitrogens with one attached hydrogen (secondary N) is 1. The van der Waals surface area contributed by atoms with E-state index in [2.05, 4.69) is 17.5 Å². The third-order valence-electron chi connectivity index (χ3n) is 3.11. The van der Waals surface area contributed by atoms with Crippen molar-refractivity contribution in [3.8, 4) is 0 Å². The highest BCUT2D eigenvalue weighted by atomic mass is 14.9. The predicted octanol–water partition coefficient (Wildman–Crippen LogP) is 2.48. The summed E-state index contributed by atoms with van der Waals surface area (Å²) in [6, 6.07) is 0.700. The van der Waals surface area contributed by atoms with Gasteiger partial charge in [-0.1, -0.05) is 25.0 Å². The lowest BCUT2D eigenvalue weighted by Crippen LogP contribution is -2.18. The molecule has 1 unspecified atom stereocenters. The average Bonchev–Trinajstić information content (AvgIpc) is 2.74. The van der Waals surface area contributed by atoms with E-state index < -0.39 is 0 Å². The Balaban J connectivity index is 1.75. The monoisotopic (exact) mass is 165 g/mol. The van der Waals surface area contributed by atoms with E-state index in [4.69, 9.17) is 0 Å². The molecule has 1 heteroatoms. The highest BCUT2D eigenvalue weighted by molar-refractivity contribution is 4.99. The molecule has 1 aliphatic heterocycles. The summed E-state index contributed by atoms with van der Waals surface area (Å²) < 4.78 is 0. The van der Waals surface area contributed by atoms with Gasteiger partial charge in [0.2, 0.25) is 0 Å². The van der Waals surface area contributed by atoms with E-state index in [1.165, 1.54) is 45.1 Å². The van der Waals surface area contributed by atoms with Crippen molar-refractivity contribution in [3.05, 3.63) is 12.2 Å². The number of rotatable bonds is 2. The highest BCUT2D eigenvalue weighted by Crippen LogP contribution is 2.26. The molecule has 2 rings (SSSR count). The van der Waals surface area contributed by atoms with E-state index in [1.807, 2.05) is 0 Å². The molecule has 0 bridgehead atoms. The van der Waals surface area contributed by atoms with E-state index in [-0.39, 0.29) is 0 Å². The van der Waals surface area contributed by atoms with Crippen LogP contribution in [-0.2, 0) is 0 Å². The second kappa shape index (κ2) is 4.08. The first-order valence-electron chi connectivity index (χ1n) is 5.37. The Labute approximate surface area is 75.2 Å². The van der Waals surface area contributed by atoms with Crippen LogP contribution in [0.15, 0.2) is 12.2 Å². The molecule has 1 atom stereocenters. The Morgan fingerprint density at radius 2 is 1.75 bits per heavy atom. The zero-order valence-corrected chi connectivity index (χ0v) is 7.76. The third kappa shape index (κ3) is 2.10. The maximum absolute atomic E-state index is 3.49. The van der Waals surface area contributed by atoms with Crippen molar-refractivity contribution in [2.24, 2.45) is 5.92 Å². The minimum Gasteiger partial charge on any atom is -0.311 e. The van der Waals surface area contributed by atoms with Gasteiger partial charge in [-0.2, -0.15) is 0 Å². The van der Waals surface area contributed by atoms with Gasteiger partial charge < -0.3 is 5.32 Å². The van der Waals surface area contributed by atoms with Gasteiger partial charge in [0.05, 0.1) is 0 Å². The molecular formula is C11H19N. The van der Waals surface area contributed by atoms with Crippen LogP contribution >= 0.6 is 0 Å². The van der Waals surface area contributed by atoms with Gasteiger partial charge in [0.15, 0.2) is 0 Å². The van der Waals surface area contributed by atoms with Crippen molar-refractivity contribution >= 4 is 0 Å². The second-order valence-corrected chi connectivity index (χ2v) is 4.13. The van der Waals surface area contributed by atoms with E-state index >= 15 is 0 Å². The molecule has 0 amide bonds. The first-order valence-corrected chi connectivity index (χ1v) is 5.37. The maximum atomic E-state index is 3.49. The molecular weight excluding hydrogens is 146 g/mol. The van der Waals surface area contributed by atoms with Gasteiger partial charge in [0.1, 0.15) is 0 Å². The van der Waals surface area contributed by atoms with Crippen molar-refractivity contribution in [1.29, 1.82) is 0 Å². The molecule has 0 aromatic carbocycles. The molecule has 2 aliphatic rings. The third-order valence-corrected chi connectivity index (χ3v) is 3.11. The summed E-state index contributed by atoms with van der Waals surface area (Å²) >= 11 is 0. The average molecular weight is 165 g/mol. The molecule has 12 heavy (non-hydrogen) atoms. The van der Waals surface area contributed by atoms with E-state index in [9.17, 15) is 0 Å². The van der Waals surface area contributed by atoms with Crippen LogP contribution in [-0.4, -0.2) is 12.6 Å². The largest absolute Gasteiger partial charge is 0.311 e. The fourth-order valence-corrected chi connectivity index (χ4v) is 2.32.